The first-order valence-electron chi connectivity index (χ1n) is 5.81. The Balaban J connectivity index is 2.06. The molecule has 2 saturated heterocycles. The fourth-order valence-electron chi connectivity index (χ4n) is 2.80. The standard InChI is InChI=1S/C11H18N2O3/c1-13-9(11(15)16)5-8(10(13)14)7-3-2-4-12-6-7/h7-9,12H,2-6H2,1H3,(H,15,16). The third-order valence-electron chi connectivity index (χ3n) is 3.80. The third kappa shape index (κ3) is 1.91. The summed E-state index contributed by atoms with van der Waals surface area (Å²) in [5, 5.41) is 12.3. The Hall–Kier alpha value is -1.10. The normalized spacial score (nSPS) is 35.4. The lowest BCUT2D eigenvalue weighted by molar-refractivity contribution is -0.145. The van der Waals surface area contributed by atoms with Gasteiger partial charge in [-0.05, 0) is 38.3 Å². The van der Waals surface area contributed by atoms with Crippen LogP contribution >= 0.6 is 0 Å². The van der Waals surface area contributed by atoms with Crippen LogP contribution in [0.2, 0.25) is 0 Å². The van der Waals surface area contributed by atoms with Crippen LogP contribution in [-0.2, 0) is 9.59 Å². The fraction of sp³-hybridized carbons (Fsp3) is 0.818. The first kappa shape index (κ1) is 11.4. The van der Waals surface area contributed by atoms with E-state index in [0.29, 0.717) is 12.3 Å². The van der Waals surface area contributed by atoms with Crippen LogP contribution in [0.3, 0.4) is 0 Å². The summed E-state index contributed by atoms with van der Waals surface area (Å²) in [6.07, 6.45) is 2.58. The number of piperidine rings is 1. The van der Waals surface area contributed by atoms with Gasteiger partial charge in [0.1, 0.15) is 6.04 Å². The molecule has 16 heavy (non-hydrogen) atoms. The molecule has 0 aromatic rings. The van der Waals surface area contributed by atoms with E-state index in [4.69, 9.17) is 5.11 Å². The van der Waals surface area contributed by atoms with Crippen molar-refractivity contribution in [3.63, 3.8) is 0 Å². The molecule has 3 atom stereocenters. The van der Waals surface area contributed by atoms with Gasteiger partial charge >= 0.3 is 5.97 Å². The Morgan fingerprint density at radius 1 is 1.56 bits per heavy atom. The lowest BCUT2D eigenvalue weighted by atomic mass is 9.84. The summed E-state index contributed by atoms with van der Waals surface area (Å²) >= 11 is 0. The molecule has 3 unspecified atom stereocenters. The predicted molar refractivity (Wildman–Crippen MR) is 57.9 cm³/mol. The first-order chi connectivity index (χ1) is 7.61. The third-order valence-corrected chi connectivity index (χ3v) is 3.80. The maximum Gasteiger partial charge on any atom is 0.326 e. The molecule has 2 rings (SSSR count). The maximum atomic E-state index is 12.0. The van der Waals surface area contributed by atoms with Crippen molar-refractivity contribution in [2.24, 2.45) is 11.8 Å². The molecule has 5 nitrogen and oxygen atoms in total. The van der Waals surface area contributed by atoms with Crippen LogP contribution in [-0.4, -0.2) is 48.1 Å². The van der Waals surface area contributed by atoms with Gasteiger partial charge in [-0.15, -0.1) is 0 Å². The minimum atomic E-state index is -0.887. The van der Waals surface area contributed by atoms with Crippen LogP contribution in [0.15, 0.2) is 0 Å². The van der Waals surface area contributed by atoms with Gasteiger partial charge in [-0.3, -0.25) is 4.79 Å². The average molecular weight is 226 g/mol. The van der Waals surface area contributed by atoms with Crippen LogP contribution in [0.1, 0.15) is 19.3 Å². The summed E-state index contributed by atoms with van der Waals surface area (Å²) in [7, 11) is 1.59. The molecule has 1 amide bonds. The number of rotatable bonds is 2. The highest BCUT2D eigenvalue weighted by Crippen LogP contribution is 2.32. The topological polar surface area (TPSA) is 69.6 Å². The Kier molecular flexibility index (Phi) is 3.14. The minimum Gasteiger partial charge on any atom is -0.480 e. The van der Waals surface area contributed by atoms with Gasteiger partial charge < -0.3 is 15.3 Å². The smallest absolute Gasteiger partial charge is 0.326 e. The number of amides is 1. The molecular weight excluding hydrogens is 208 g/mol. The number of carboxylic acids is 1. The van der Waals surface area contributed by atoms with Crippen LogP contribution in [0.4, 0.5) is 0 Å². The average Bonchev–Trinajstić information content (AvgIpc) is 2.58. The number of likely N-dealkylation sites (tertiary alicyclic amines) is 1. The van der Waals surface area contributed by atoms with Gasteiger partial charge in [0.25, 0.3) is 0 Å². The minimum absolute atomic E-state index is 0.00102. The molecule has 0 spiro atoms. The monoisotopic (exact) mass is 226 g/mol. The Morgan fingerprint density at radius 3 is 2.81 bits per heavy atom. The summed E-state index contributed by atoms with van der Waals surface area (Å²) in [6.45, 7) is 1.85. The summed E-state index contributed by atoms with van der Waals surface area (Å²) in [6, 6.07) is -0.626. The van der Waals surface area contributed by atoms with E-state index in [1.54, 1.807) is 7.05 Å². The van der Waals surface area contributed by atoms with Crippen molar-refractivity contribution < 1.29 is 14.7 Å². The predicted octanol–water partition coefficient (Wildman–Crippen LogP) is -0.0825. The number of carbonyl (C=O) groups excluding carboxylic acids is 1. The number of carbonyl (C=O) groups is 2. The molecule has 0 radical (unpaired) electrons. The molecule has 0 saturated carbocycles. The second kappa shape index (κ2) is 4.41. The number of hydrogen-bond donors (Lipinski definition) is 2. The van der Waals surface area contributed by atoms with E-state index in [0.717, 1.165) is 25.9 Å². The second-order valence-corrected chi connectivity index (χ2v) is 4.75. The molecule has 0 aromatic carbocycles. The van der Waals surface area contributed by atoms with Crippen molar-refractivity contribution in [1.82, 2.24) is 10.2 Å². The van der Waals surface area contributed by atoms with Crippen molar-refractivity contribution in [1.29, 1.82) is 0 Å². The maximum absolute atomic E-state index is 12.0. The van der Waals surface area contributed by atoms with E-state index in [1.165, 1.54) is 4.90 Å². The van der Waals surface area contributed by atoms with Crippen molar-refractivity contribution in [3.05, 3.63) is 0 Å². The summed E-state index contributed by atoms with van der Waals surface area (Å²) in [5.74, 6) is -0.671. The molecule has 5 heteroatoms. The fourth-order valence-corrected chi connectivity index (χ4v) is 2.80. The number of nitrogens with one attached hydrogen (secondary N) is 1. The van der Waals surface area contributed by atoms with Gasteiger partial charge in [0, 0.05) is 13.0 Å². The molecule has 2 fully saturated rings. The lowest BCUT2D eigenvalue weighted by Gasteiger charge is -2.26. The zero-order valence-electron chi connectivity index (χ0n) is 9.48. The SMILES string of the molecule is CN1C(=O)C(C2CCCNC2)CC1C(=O)O. The van der Waals surface area contributed by atoms with E-state index in [-0.39, 0.29) is 11.8 Å². The molecule has 0 bridgehead atoms. The van der Waals surface area contributed by atoms with Crippen molar-refractivity contribution >= 4 is 11.9 Å². The van der Waals surface area contributed by atoms with E-state index in [9.17, 15) is 9.59 Å². The first-order valence-corrected chi connectivity index (χ1v) is 5.81. The molecule has 2 aliphatic heterocycles. The molecule has 2 aliphatic rings. The van der Waals surface area contributed by atoms with Gasteiger partial charge in [0.15, 0.2) is 0 Å². The van der Waals surface area contributed by atoms with E-state index in [2.05, 4.69) is 5.32 Å². The van der Waals surface area contributed by atoms with E-state index >= 15 is 0 Å². The van der Waals surface area contributed by atoms with Gasteiger partial charge in [-0.2, -0.15) is 0 Å². The zero-order chi connectivity index (χ0) is 11.7. The van der Waals surface area contributed by atoms with Crippen LogP contribution in [0.25, 0.3) is 0 Å². The van der Waals surface area contributed by atoms with Gasteiger partial charge in [0.05, 0.1) is 0 Å². The van der Waals surface area contributed by atoms with Crippen LogP contribution in [0, 0.1) is 11.8 Å². The van der Waals surface area contributed by atoms with E-state index < -0.39 is 12.0 Å². The molecular formula is C11H18N2O3. The summed E-state index contributed by atoms with van der Waals surface area (Å²) < 4.78 is 0. The number of aliphatic carboxylic acids is 1. The van der Waals surface area contributed by atoms with Gasteiger partial charge in [-0.25, -0.2) is 4.79 Å². The Morgan fingerprint density at radius 2 is 2.31 bits per heavy atom. The molecule has 0 aliphatic carbocycles. The molecule has 2 heterocycles. The quantitative estimate of drug-likeness (QED) is 0.691. The highest BCUT2D eigenvalue weighted by atomic mass is 16.4. The molecule has 90 valence electrons. The molecule has 0 aromatic heterocycles. The number of hydrogen-bond acceptors (Lipinski definition) is 3. The number of nitrogens with zero attached hydrogens (tertiary/aromatic N) is 1. The van der Waals surface area contributed by atoms with Gasteiger partial charge in [0.2, 0.25) is 5.91 Å². The number of carboxylic acid groups (broad SMARTS) is 1. The van der Waals surface area contributed by atoms with Crippen LogP contribution < -0.4 is 5.32 Å². The second-order valence-electron chi connectivity index (χ2n) is 4.75. The van der Waals surface area contributed by atoms with Crippen LogP contribution in [0.5, 0.6) is 0 Å². The number of likely N-dealkylation sites (N-methyl/N-ethyl adjacent to an activating group) is 1. The van der Waals surface area contributed by atoms with Crippen molar-refractivity contribution in [2.75, 3.05) is 20.1 Å². The Bertz CT molecular complexity index is 300. The Labute approximate surface area is 94.8 Å². The van der Waals surface area contributed by atoms with E-state index in [1.807, 2.05) is 0 Å². The van der Waals surface area contributed by atoms with Gasteiger partial charge in [-0.1, -0.05) is 0 Å². The summed E-state index contributed by atoms with van der Waals surface area (Å²) in [5.41, 5.74) is 0. The highest BCUT2D eigenvalue weighted by molar-refractivity contribution is 5.89. The lowest BCUT2D eigenvalue weighted by Crippen LogP contribution is -2.38. The summed E-state index contributed by atoms with van der Waals surface area (Å²) in [4.78, 5) is 24.3. The van der Waals surface area contributed by atoms with Crippen molar-refractivity contribution in [3.8, 4) is 0 Å². The zero-order valence-corrected chi connectivity index (χ0v) is 9.48. The molecule has 2 N–H and O–H groups in total. The highest BCUT2D eigenvalue weighted by Gasteiger charge is 2.44. The van der Waals surface area contributed by atoms with Crippen molar-refractivity contribution in [2.45, 2.75) is 25.3 Å². The largest absolute Gasteiger partial charge is 0.480 e.